The van der Waals surface area contributed by atoms with Crippen LogP contribution in [-0.2, 0) is 0 Å². The van der Waals surface area contributed by atoms with E-state index in [0.29, 0.717) is 6.04 Å². The van der Waals surface area contributed by atoms with E-state index in [1.54, 1.807) is 0 Å². The monoisotopic (exact) mass is 197 g/mol. The van der Waals surface area contributed by atoms with Gasteiger partial charge in [0.2, 0.25) is 0 Å². The molecule has 0 amide bonds. The third kappa shape index (κ3) is 1.96. The SMILES string of the molecule is CCN(C1CCCC1)[C@@H]1CCC[C@H]1O. The van der Waals surface area contributed by atoms with Gasteiger partial charge in [-0.15, -0.1) is 0 Å². The second-order valence-electron chi connectivity index (χ2n) is 4.83. The number of aliphatic hydroxyl groups excluding tert-OH is 1. The number of aliphatic hydroxyl groups is 1. The molecule has 2 saturated carbocycles. The molecule has 0 bridgehead atoms. The van der Waals surface area contributed by atoms with Crippen LogP contribution in [0.3, 0.4) is 0 Å². The van der Waals surface area contributed by atoms with Crippen molar-refractivity contribution in [2.45, 2.75) is 70.1 Å². The lowest BCUT2D eigenvalue weighted by atomic mass is 10.1. The molecule has 2 aliphatic rings. The molecule has 2 nitrogen and oxygen atoms in total. The highest BCUT2D eigenvalue weighted by molar-refractivity contribution is 4.89. The minimum absolute atomic E-state index is 0.0458. The summed E-state index contributed by atoms with van der Waals surface area (Å²) in [6.45, 7) is 3.36. The van der Waals surface area contributed by atoms with Crippen LogP contribution in [0.25, 0.3) is 0 Å². The summed E-state index contributed by atoms with van der Waals surface area (Å²) in [6, 6.07) is 1.25. The maximum absolute atomic E-state index is 9.91. The standard InChI is InChI=1S/C12H23NO/c1-2-13(10-6-3-4-7-10)11-8-5-9-12(11)14/h10-12,14H,2-9H2,1H3/t11-,12-/m1/s1. The van der Waals surface area contributed by atoms with Gasteiger partial charge in [-0.05, 0) is 38.6 Å². The molecular formula is C12H23NO. The number of nitrogens with zero attached hydrogens (tertiary/aromatic N) is 1. The Morgan fingerprint density at radius 3 is 2.29 bits per heavy atom. The van der Waals surface area contributed by atoms with Gasteiger partial charge in [-0.1, -0.05) is 19.8 Å². The Bertz CT molecular complexity index is 177. The molecule has 0 saturated heterocycles. The van der Waals surface area contributed by atoms with Gasteiger partial charge in [0.05, 0.1) is 6.10 Å². The summed E-state index contributed by atoms with van der Waals surface area (Å²) in [5.74, 6) is 0. The van der Waals surface area contributed by atoms with E-state index in [1.165, 1.54) is 38.5 Å². The zero-order valence-electron chi connectivity index (χ0n) is 9.28. The first-order valence-electron chi connectivity index (χ1n) is 6.26. The Morgan fingerprint density at radius 2 is 1.79 bits per heavy atom. The average molecular weight is 197 g/mol. The summed E-state index contributed by atoms with van der Waals surface area (Å²) >= 11 is 0. The quantitative estimate of drug-likeness (QED) is 0.749. The highest BCUT2D eigenvalue weighted by Gasteiger charge is 2.34. The zero-order chi connectivity index (χ0) is 9.97. The third-order valence-corrected chi connectivity index (χ3v) is 4.03. The van der Waals surface area contributed by atoms with E-state index < -0.39 is 0 Å². The molecule has 1 N–H and O–H groups in total. The van der Waals surface area contributed by atoms with Crippen LogP contribution < -0.4 is 0 Å². The van der Waals surface area contributed by atoms with Gasteiger partial charge in [0.1, 0.15) is 0 Å². The van der Waals surface area contributed by atoms with Gasteiger partial charge in [-0.3, -0.25) is 4.90 Å². The average Bonchev–Trinajstić information content (AvgIpc) is 2.80. The topological polar surface area (TPSA) is 23.5 Å². The summed E-state index contributed by atoms with van der Waals surface area (Å²) in [5, 5.41) is 9.91. The summed E-state index contributed by atoms with van der Waals surface area (Å²) in [4.78, 5) is 2.57. The van der Waals surface area contributed by atoms with Crippen molar-refractivity contribution in [3.8, 4) is 0 Å². The molecule has 2 aliphatic carbocycles. The summed E-state index contributed by atoms with van der Waals surface area (Å²) in [6.07, 6.45) is 8.91. The lowest BCUT2D eigenvalue weighted by molar-refractivity contribution is 0.0479. The first-order valence-corrected chi connectivity index (χ1v) is 6.26. The Morgan fingerprint density at radius 1 is 1.07 bits per heavy atom. The van der Waals surface area contributed by atoms with Gasteiger partial charge in [0, 0.05) is 12.1 Å². The minimum Gasteiger partial charge on any atom is -0.391 e. The van der Waals surface area contributed by atoms with E-state index in [-0.39, 0.29) is 6.10 Å². The number of hydrogen-bond acceptors (Lipinski definition) is 2. The Kier molecular flexibility index (Phi) is 3.45. The Balaban J connectivity index is 1.96. The maximum Gasteiger partial charge on any atom is 0.0695 e. The van der Waals surface area contributed by atoms with Crippen molar-refractivity contribution in [1.82, 2.24) is 4.90 Å². The first-order chi connectivity index (χ1) is 6.83. The van der Waals surface area contributed by atoms with Crippen LogP contribution in [0.5, 0.6) is 0 Å². The molecule has 82 valence electrons. The van der Waals surface area contributed by atoms with Crippen molar-refractivity contribution < 1.29 is 5.11 Å². The molecular weight excluding hydrogens is 174 g/mol. The molecule has 2 fully saturated rings. The molecule has 0 heterocycles. The van der Waals surface area contributed by atoms with Crippen LogP contribution >= 0.6 is 0 Å². The van der Waals surface area contributed by atoms with Crippen LogP contribution in [-0.4, -0.2) is 34.7 Å². The van der Waals surface area contributed by atoms with Gasteiger partial charge < -0.3 is 5.11 Å². The van der Waals surface area contributed by atoms with Crippen molar-refractivity contribution in [3.63, 3.8) is 0 Å². The van der Waals surface area contributed by atoms with Crippen molar-refractivity contribution in [2.75, 3.05) is 6.54 Å². The van der Waals surface area contributed by atoms with Crippen LogP contribution in [0.15, 0.2) is 0 Å². The fraction of sp³-hybridized carbons (Fsp3) is 1.00. The number of likely N-dealkylation sites (N-methyl/N-ethyl adjacent to an activating group) is 1. The minimum atomic E-state index is -0.0458. The molecule has 0 aromatic rings. The smallest absolute Gasteiger partial charge is 0.0695 e. The van der Waals surface area contributed by atoms with E-state index in [4.69, 9.17) is 0 Å². The third-order valence-electron chi connectivity index (χ3n) is 4.03. The van der Waals surface area contributed by atoms with Gasteiger partial charge in [0.25, 0.3) is 0 Å². The molecule has 0 radical (unpaired) electrons. The molecule has 14 heavy (non-hydrogen) atoms. The molecule has 0 unspecified atom stereocenters. The second kappa shape index (κ2) is 4.63. The van der Waals surface area contributed by atoms with Crippen molar-refractivity contribution >= 4 is 0 Å². The van der Waals surface area contributed by atoms with E-state index in [1.807, 2.05) is 0 Å². The largest absolute Gasteiger partial charge is 0.391 e. The van der Waals surface area contributed by atoms with E-state index >= 15 is 0 Å². The fourth-order valence-corrected chi connectivity index (χ4v) is 3.31. The summed E-state index contributed by atoms with van der Waals surface area (Å²) in [5.41, 5.74) is 0. The van der Waals surface area contributed by atoms with E-state index in [9.17, 15) is 5.11 Å². The number of rotatable bonds is 3. The molecule has 2 rings (SSSR count). The normalized spacial score (nSPS) is 34.5. The van der Waals surface area contributed by atoms with Crippen LogP contribution in [0, 0.1) is 0 Å². The predicted molar refractivity (Wildman–Crippen MR) is 58.3 cm³/mol. The van der Waals surface area contributed by atoms with Gasteiger partial charge in [-0.2, -0.15) is 0 Å². The van der Waals surface area contributed by atoms with Gasteiger partial charge >= 0.3 is 0 Å². The van der Waals surface area contributed by atoms with Crippen molar-refractivity contribution in [3.05, 3.63) is 0 Å². The zero-order valence-corrected chi connectivity index (χ0v) is 9.28. The predicted octanol–water partition coefficient (Wildman–Crippen LogP) is 2.16. The Hall–Kier alpha value is -0.0800. The van der Waals surface area contributed by atoms with Gasteiger partial charge in [0.15, 0.2) is 0 Å². The molecule has 0 aromatic heterocycles. The molecule has 0 aliphatic heterocycles. The summed E-state index contributed by atoms with van der Waals surface area (Å²) in [7, 11) is 0. The number of hydrogen-bond donors (Lipinski definition) is 1. The molecule has 2 atom stereocenters. The molecule has 2 heteroatoms. The Labute approximate surface area is 87.3 Å². The van der Waals surface area contributed by atoms with Crippen LogP contribution in [0.2, 0.25) is 0 Å². The maximum atomic E-state index is 9.91. The lowest BCUT2D eigenvalue weighted by Crippen LogP contribution is -2.45. The first kappa shape index (κ1) is 10.4. The molecule has 0 aromatic carbocycles. The van der Waals surface area contributed by atoms with Gasteiger partial charge in [-0.25, -0.2) is 0 Å². The summed E-state index contributed by atoms with van der Waals surface area (Å²) < 4.78 is 0. The van der Waals surface area contributed by atoms with Crippen molar-refractivity contribution in [2.24, 2.45) is 0 Å². The highest BCUT2D eigenvalue weighted by atomic mass is 16.3. The van der Waals surface area contributed by atoms with E-state index in [2.05, 4.69) is 11.8 Å². The van der Waals surface area contributed by atoms with Crippen LogP contribution in [0.4, 0.5) is 0 Å². The van der Waals surface area contributed by atoms with E-state index in [0.717, 1.165) is 19.0 Å². The highest BCUT2D eigenvalue weighted by Crippen LogP contribution is 2.31. The lowest BCUT2D eigenvalue weighted by Gasteiger charge is -2.35. The van der Waals surface area contributed by atoms with Crippen molar-refractivity contribution in [1.29, 1.82) is 0 Å². The van der Waals surface area contributed by atoms with Crippen LogP contribution in [0.1, 0.15) is 51.9 Å². The molecule has 0 spiro atoms. The second-order valence-corrected chi connectivity index (χ2v) is 4.83. The fourth-order valence-electron chi connectivity index (χ4n) is 3.31.